The second kappa shape index (κ2) is 8.39. The molecule has 0 radical (unpaired) electrons. The molecule has 0 bridgehead atoms. The lowest BCUT2D eigenvalue weighted by Crippen LogP contribution is -2.36. The van der Waals surface area contributed by atoms with Gasteiger partial charge >= 0.3 is 0 Å². The molecule has 1 heterocycles. The molecule has 1 aromatic rings. The molecule has 0 saturated carbocycles. The first-order chi connectivity index (χ1) is 11.5. The molecule has 24 heavy (non-hydrogen) atoms. The van der Waals surface area contributed by atoms with Crippen molar-refractivity contribution in [2.45, 2.75) is 20.3 Å². The van der Waals surface area contributed by atoms with E-state index in [1.54, 1.807) is 23.1 Å². The maximum absolute atomic E-state index is 12.9. The predicted molar refractivity (Wildman–Crippen MR) is 98.8 cm³/mol. The number of halogens is 1. The van der Waals surface area contributed by atoms with Crippen LogP contribution in [0.2, 0.25) is 0 Å². The molecule has 128 valence electrons. The fraction of sp³-hybridized carbons (Fsp3) is 0.353. The van der Waals surface area contributed by atoms with E-state index in [0.717, 1.165) is 5.56 Å². The highest BCUT2D eigenvalue weighted by molar-refractivity contribution is 8.26. The SMILES string of the molecule is CCN(CC)C(=O)CCN1C(=O)C(=Cc2ccc(F)cc2)SC1=S. The molecule has 2 rings (SSSR count). The van der Waals surface area contributed by atoms with E-state index in [9.17, 15) is 14.0 Å². The van der Waals surface area contributed by atoms with Crippen molar-refractivity contribution in [1.29, 1.82) is 0 Å². The number of carbonyl (C=O) groups excluding carboxylic acids is 2. The number of carbonyl (C=O) groups is 2. The summed E-state index contributed by atoms with van der Waals surface area (Å²) in [6.45, 7) is 5.43. The highest BCUT2D eigenvalue weighted by Crippen LogP contribution is 2.32. The van der Waals surface area contributed by atoms with Crippen molar-refractivity contribution in [3.05, 3.63) is 40.6 Å². The number of rotatable bonds is 6. The molecule has 7 heteroatoms. The van der Waals surface area contributed by atoms with Crippen molar-refractivity contribution in [2.75, 3.05) is 19.6 Å². The average Bonchev–Trinajstić information content (AvgIpc) is 2.82. The van der Waals surface area contributed by atoms with Crippen molar-refractivity contribution in [3.63, 3.8) is 0 Å². The molecular formula is C17H19FN2O2S2. The van der Waals surface area contributed by atoms with E-state index in [2.05, 4.69) is 0 Å². The number of benzene rings is 1. The maximum Gasteiger partial charge on any atom is 0.266 e. The molecule has 1 aliphatic heterocycles. The van der Waals surface area contributed by atoms with E-state index in [1.165, 1.54) is 28.8 Å². The van der Waals surface area contributed by atoms with Crippen molar-refractivity contribution in [3.8, 4) is 0 Å². The van der Waals surface area contributed by atoms with Gasteiger partial charge in [0.1, 0.15) is 10.1 Å². The summed E-state index contributed by atoms with van der Waals surface area (Å²) in [7, 11) is 0. The summed E-state index contributed by atoms with van der Waals surface area (Å²) < 4.78 is 13.4. The third-order valence-corrected chi connectivity index (χ3v) is 5.08. The maximum atomic E-state index is 12.9. The van der Waals surface area contributed by atoms with Gasteiger partial charge in [-0.25, -0.2) is 4.39 Å². The van der Waals surface area contributed by atoms with Crippen molar-refractivity contribution in [2.24, 2.45) is 0 Å². The lowest BCUT2D eigenvalue weighted by atomic mass is 10.2. The standard InChI is InChI=1S/C17H19FN2O2S2/c1-3-19(4-2)15(21)9-10-20-16(22)14(24-17(20)23)11-12-5-7-13(18)8-6-12/h5-8,11H,3-4,9-10H2,1-2H3. The number of thioether (sulfide) groups is 1. The Morgan fingerprint density at radius 3 is 2.50 bits per heavy atom. The summed E-state index contributed by atoms with van der Waals surface area (Å²) >= 11 is 6.45. The molecule has 2 amide bonds. The summed E-state index contributed by atoms with van der Waals surface area (Å²) in [5.41, 5.74) is 0.733. The second-order valence-electron chi connectivity index (χ2n) is 5.20. The van der Waals surface area contributed by atoms with E-state index in [4.69, 9.17) is 12.2 Å². The quantitative estimate of drug-likeness (QED) is 0.572. The van der Waals surface area contributed by atoms with E-state index in [1.807, 2.05) is 13.8 Å². The lowest BCUT2D eigenvalue weighted by Gasteiger charge is -2.20. The molecule has 0 N–H and O–H groups in total. The zero-order valence-electron chi connectivity index (χ0n) is 13.6. The molecule has 1 aromatic carbocycles. The lowest BCUT2D eigenvalue weighted by molar-refractivity contribution is -0.131. The van der Waals surface area contributed by atoms with Gasteiger partial charge in [-0.05, 0) is 37.6 Å². The Hall–Kier alpha value is -1.73. The van der Waals surface area contributed by atoms with Gasteiger partial charge in [-0.1, -0.05) is 36.1 Å². The van der Waals surface area contributed by atoms with Crippen LogP contribution in [0.15, 0.2) is 29.2 Å². The third kappa shape index (κ3) is 4.42. The van der Waals surface area contributed by atoms with Crippen LogP contribution < -0.4 is 0 Å². The Balaban J connectivity index is 2.03. The monoisotopic (exact) mass is 366 g/mol. The zero-order chi connectivity index (χ0) is 17.7. The van der Waals surface area contributed by atoms with E-state index >= 15 is 0 Å². The van der Waals surface area contributed by atoms with Crippen LogP contribution >= 0.6 is 24.0 Å². The molecule has 0 spiro atoms. The van der Waals surface area contributed by atoms with Crippen molar-refractivity contribution >= 4 is 46.2 Å². The van der Waals surface area contributed by atoms with Crippen LogP contribution in [0.1, 0.15) is 25.8 Å². The summed E-state index contributed by atoms with van der Waals surface area (Å²) in [6.07, 6.45) is 1.93. The highest BCUT2D eigenvalue weighted by Gasteiger charge is 2.32. The molecule has 0 aliphatic carbocycles. The average molecular weight is 366 g/mol. The van der Waals surface area contributed by atoms with Gasteiger partial charge in [-0.3, -0.25) is 14.5 Å². The van der Waals surface area contributed by atoms with Gasteiger partial charge in [0.25, 0.3) is 5.91 Å². The first-order valence-electron chi connectivity index (χ1n) is 7.75. The van der Waals surface area contributed by atoms with Gasteiger partial charge in [-0.2, -0.15) is 0 Å². The predicted octanol–water partition coefficient (Wildman–Crippen LogP) is 3.29. The minimum Gasteiger partial charge on any atom is -0.343 e. The Labute approximate surface area is 150 Å². The Bertz CT molecular complexity index is 670. The van der Waals surface area contributed by atoms with Crippen LogP contribution in [0.25, 0.3) is 6.08 Å². The summed E-state index contributed by atoms with van der Waals surface area (Å²) in [5, 5.41) is 0. The molecule has 0 unspecified atom stereocenters. The highest BCUT2D eigenvalue weighted by atomic mass is 32.2. The largest absolute Gasteiger partial charge is 0.343 e. The van der Waals surface area contributed by atoms with Gasteiger partial charge < -0.3 is 4.90 Å². The molecule has 0 aromatic heterocycles. The smallest absolute Gasteiger partial charge is 0.266 e. The molecular weight excluding hydrogens is 347 g/mol. The molecule has 1 saturated heterocycles. The van der Waals surface area contributed by atoms with Crippen molar-refractivity contribution in [1.82, 2.24) is 9.80 Å². The summed E-state index contributed by atoms with van der Waals surface area (Å²) in [5.74, 6) is -0.521. The van der Waals surface area contributed by atoms with Crippen LogP contribution in [0, 0.1) is 5.82 Å². The molecule has 1 fully saturated rings. The Morgan fingerprint density at radius 1 is 1.29 bits per heavy atom. The van der Waals surface area contributed by atoms with Crippen LogP contribution in [-0.2, 0) is 9.59 Å². The number of thiocarbonyl (C=S) groups is 1. The number of amides is 2. The molecule has 0 atom stereocenters. The van der Waals surface area contributed by atoms with Crippen LogP contribution in [0.3, 0.4) is 0 Å². The van der Waals surface area contributed by atoms with Crippen LogP contribution in [-0.4, -0.2) is 45.6 Å². The van der Waals surface area contributed by atoms with E-state index in [-0.39, 0.29) is 30.6 Å². The zero-order valence-corrected chi connectivity index (χ0v) is 15.3. The Morgan fingerprint density at radius 2 is 1.92 bits per heavy atom. The fourth-order valence-corrected chi connectivity index (χ4v) is 3.65. The molecule has 1 aliphatic rings. The van der Waals surface area contributed by atoms with Gasteiger partial charge in [0.2, 0.25) is 5.91 Å². The second-order valence-corrected chi connectivity index (χ2v) is 6.88. The third-order valence-electron chi connectivity index (χ3n) is 3.71. The minimum absolute atomic E-state index is 0.0107. The summed E-state index contributed by atoms with van der Waals surface area (Å²) in [6, 6.07) is 5.89. The number of hydrogen-bond acceptors (Lipinski definition) is 4. The van der Waals surface area contributed by atoms with Gasteiger partial charge in [0.15, 0.2) is 0 Å². The van der Waals surface area contributed by atoms with Crippen LogP contribution in [0.5, 0.6) is 0 Å². The Kier molecular flexibility index (Phi) is 6.51. The fourth-order valence-electron chi connectivity index (χ4n) is 2.35. The summed E-state index contributed by atoms with van der Waals surface area (Å²) in [4.78, 5) is 28.2. The first-order valence-corrected chi connectivity index (χ1v) is 8.97. The van der Waals surface area contributed by atoms with Gasteiger partial charge in [0, 0.05) is 26.1 Å². The first kappa shape index (κ1) is 18.6. The van der Waals surface area contributed by atoms with Gasteiger partial charge in [0.05, 0.1) is 4.91 Å². The minimum atomic E-state index is -0.324. The topological polar surface area (TPSA) is 40.6 Å². The number of hydrogen-bond donors (Lipinski definition) is 0. The van der Waals surface area contributed by atoms with E-state index in [0.29, 0.717) is 22.3 Å². The van der Waals surface area contributed by atoms with E-state index < -0.39 is 0 Å². The van der Waals surface area contributed by atoms with Crippen molar-refractivity contribution < 1.29 is 14.0 Å². The molecule has 4 nitrogen and oxygen atoms in total. The van der Waals surface area contributed by atoms with Gasteiger partial charge in [-0.15, -0.1) is 0 Å². The van der Waals surface area contributed by atoms with Crippen LogP contribution in [0.4, 0.5) is 4.39 Å². The number of nitrogens with zero attached hydrogens (tertiary/aromatic N) is 2. The normalized spacial score (nSPS) is 16.1.